The minimum atomic E-state index is -3.63. The first-order valence-electron chi connectivity index (χ1n) is 8.28. The van der Waals surface area contributed by atoms with E-state index in [4.69, 9.17) is 0 Å². The summed E-state index contributed by atoms with van der Waals surface area (Å²) < 4.78 is 28.7. The molecule has 0 saturated heterocycles. The van der Waals surface area contributed by atoms with Gasteiger partial charge in [-0.2, -0.15) is 5.10 Å². The molecule has 1 aromatic carbocycles. The molecule has 1 aliphatic carbocycles. The lowest BCUT2D eigenvalue weighted by Gasteiger charge is -2.25. The van der Waals surface area contributed by atoms with Crippen molar-refractivity contribution in [2.75, 3.05) is 0 Å². The second kappa shape index (κ2) is 6.79. The third-order valence-electron chi connectivity index (χ3n) is 4.48. The highest BCUT2D eigenvalue weighted by molar-refractivity contribution is 7.91. The molecule has 1 aliphatic rings. The van der Waals surface area contributed by atoms with Crippen LogP contribution in [-0.2, 0) is 16.4 Å². The Kier molecular flexibility index (Phi) is 4.47. The van der Waals surface area contributed by atoms with Crippen LogP contribution < -0.4 is 10.3 Å². The van der Waals surface area contributed by atoms with E-state index in [9.17, 15) is 13.2 Å². The van der Waals surface area contributed by atoms with Gasteiger partial charge in [0.2, 0.25) is 0 Å². The van der Waals surface area contributed by atoms with Crippen LogP contribution in [-0.4, -0.2) is 18.6 Å². The molecule has 4 rings (SSSR count). The summed E-state index contributed by atoms with van der Waals surface area (Å²) in [7, 11) is -3.63. The zero-order valence-electron chi connectivity index (χ0n) is 13.8. The van der Waals surface area contributed by atoms with Crippen molar-refractivity contribution in [3.63, 3.8) is 0 Å². The number of H-pyrrole nitrogens is 1. The van der Waals surface area contributed by atoms with Gasteiger partial charge in [-0.1, -0.05) is 24.3 Å². The Morgan fingerprint density at radius 2 is 2.04 bits per heavy atom. The van der Waals surface area contributed by atoms with Crippen molar-refractivity contribution in [2.45, 2.75) is 29.5 Å². The number of aryl methyl sites for hydroxylation is 1. The van der Waals surface area contributed by atoms with E-state index in [1.807, 2.05) is 18.2 Å². The zero-order valence-corrected chi connectivity index (χ0v) is 15.4. The van der Waals surface area contributed by atoms with Crippen molar-refractivity contribution in [1.29, 1.82) is 0 Å². The molecule has 0 amide bonds. The minimum absolute atomic E-state index is 0.207. The standard InChI is InChI=1S/C18H17N3O3S2/c22-17-9-8-15(19-20-17)13-10-18(25-11-13)26(23,24)21-16-7-3-5-12-4-1-2-6-14(12)16/h1-2,4,6,8-11,16,21H,3,5,7H2,(H,20,22)/t16-/m1/s1. The average molecular weight is 387 g/mol. The van der Waals surface area contributed by atoms with Gasteiger partial charge in [0.1, 0.15) is 4.21 Å². The zero-order chi connectivity index (χ0) is 18.1. The van der Waals surface area contributed by atoms with Crippen LogP contribution >= 0.6 is 11.3 Å². The summed E-state index contributed by atoms with van der Waals surface area (Å²) in [5.74, 6) is 0. The first kappa shape index (κ1) is 17.1. The summed E-state index contributed by atoms with van der Waals surface area (Å²) in [5.41, 5.74) is 3.16. The molecule has 0 aliphatic heterocycles. The molecule has 3 aromatic rings. The maximum atomic E-state index is 12.8. The normalized spacial score (nSPS) is 17.0. The maximum absolute atomic E-state index is 12.8. The van der Waals surface area contributed by atoms with Crippen LogP contribution in [0.5, 0.6) is 0 Å². The minimum Gasteiger partial charge on any atom is -0.268 e. The lowest BCUT2D eigenvalue weighted by molar-refractivity contribution is 0.508. The van der Waals surface area contributed by atoms with E-state index in [1.165, 1.54) is 11.6 Å². The molecule has 0 unspecified atom stereocenters. The lowest BCUT2D eigenvalue weighted by Crippen LogP contribution is -2.30. The number of nitrogens with zero attached hydrogens (tertiary/aromatic N) is 1. The van der Waals surface area contributed by atoms with Crippen molar-refractivity contribution < 1.29 is 8.42 Å². The average Bonchev–Trinajstić information content (AvgIpc) is 3.14. The number of thiophene rings is 1. The van der Waals surface area contributed by atoms with Crippen molar-refractivity contribution in [2.24, 2.45) is 0 Å². The fraction of sp³-hybridized carbons (Fsp3) is 0.222. The molecule has 0 fully saturated rings. The molecule has 26 heavy (non-hydrogen) atoms. The van der Waals surface area contributed by atoms with Gasteiger partial charge in [-0.05, 0) is 42.5 Å². The van der Waals surface area contributed by atoms with Crippen LogP contribution in [0.25, 0.3) is 11.3 Å². The van der Waals surface area contributed by atoms with Crippen LogP contribution in [0.4, 0.5) is 0 Å². The lowest BCUT2D eigenvalue weighted by atomic mass is 9.88. The van der Waals surface area contributed by atoms with Gasteiger partial charge in [0.05, 0.1) is 5.69 Å². The van der Waals surface area contributed by atoms with Gasteiger partial charge in [-0.15, -0.1) is 11.3 Å². The van der Waals surface area contributed by atoms with E-state index in [2.05, 4.69) is 21.0 Å². The van der Waals surface area contributed by atoms with E-state index >= 15 is 0 Å². The molecule has 0 bridgehead atoms. The van der Waals surface area contributed by atoms with Crippen molar-refractivity contribution >= 4 is 21.4 Å². The topological polar surface area (TPSA) is 91.9 Å². The predicted molar refractivity (Wildman–Crippen MR) is 101 cm³/mol. The summed E-state index contributed by atoms with van der Waals surface area (Å²) in [6.07, 6.45) is 2.73. The fourth-order valence-corrected chi connectivity index (χ4v) is 5.66. The van der Waals surface area contributed by atoms with Crippen LogP contribution in [0, 0.1) is 0 Å². The summed E-state index contributed by atoms with van der Waals surface area (Å²) in [4.78, 5) is 11.1. The number of benzene rings is 1. The highest BCUT2D eigenvalue weighted by atomic mass is 32.2. The Hall–Kier alpha value is -2.29. The fourth-order valence-electron chi connectivity index (χ4n) is 3.22. The van der Waals surface area contributed by atoms with E-state index in [1.54, 1.807) is 17.5 Å². The molecule has 0 spiro atoms. The molecule has 2 N–H and O–H groups in total. The summed E-state index contributed by atoms with van der Waals surface area (Å²) in [6, 6.07) is 12.3. The molecular weight excluding hydrogens is 370 g/mol. The van der Waals surface area contributed by atoms with E-state index in [0.29, 0.717) is 11.3 Å². The third-order valence-corrected chi connectivity index (χ3v) is 7.39. The molecule has 134 valence electrons. The number of nitrogens with one attached hydrogen (secondary N) is 2. The van der Waals surface area contributed by atoms with Crippen molar-refractivity contribution in [3.05, 3.63) is 69.3 Å². The molecule has 0 radical (unpaired) electrons. The van der Waals surface area contributed by atoms with E-state index < -0.39 is 10.0 Å². The largest absolute Gasteiger partial charge is 0.268 e. The van der Waals surface area contributed by atoms with Gasteiger partial charge in [-0.3, -0.25) is 4.79 Å². The summed E-state index contributed by atoms with van der Waals surface area (Å²) in [5, 5.41) is 8.03. The second-order valence-corrected chi connectivity index (χ2v) is 9.08. The number of aromatic nitrogens is 2. The number of hydrogen-bond acceptors (Lipinski definition) is 5. The molecule has 0 saturated carbocycles. The highest BCUT2D eigenvalue weighted by Gasteiger charge is 2.26. The Morgan fingerprint density at radius 1 is 1.19 bits per heavy atom. The third kappa shape index (κ3) is 3.35. The number of hydrogen-bond donors (Lipinski definition) is 2. The smallest absolute Gasteiger partial charge is 0.264 e. The molecule has 1 atom stereocenters. The van der Waals surface area contributed by atoms with E-state index in [0.717, 1.165) is 36.2 Å². The summed E-state index contributed by atoms with van der Waals surface area (Å²) >= 11 is 1.14. The SMILES string of the molecule is O=c1ccc(-c2csc(S(=O)(=O)N[C@@H]3CCCc4ccccc43)c2)n[nH]1. The molecule has 2 aromatic heterocycles. The Morgan fingerprint density at radius 3 is 2.85 bits per heavy atom. The number of rotatable bonds is 4. The maximum Gasteiger partial charge on any atom is 0.264 e. The van der Waals surface area contributed by atoms with Crippen LogP contribution in [0.2, 0.25) is 0 Å². The first-order chi connectivity index (χ1) is 12.5. The molecular formula is C18H17N3O3S2. The highest BCUT2D eigenvalue weighted by Crippen LogP contribution is 2.32. The van der Waals surface area contributed by atoms with E-state index in [-0.39, 0.29) is 15.8 Å². The first-order valence-corrected chi connectivity index (χ1v) is 10.6. The van der Waals surface area contributed by atoms with Gasteiger partial charge in [0.15, 0.2) is 0 Å². The van der Waals surface area contributed by atoms with Crippen molar-refractivity contribution in [1.82, 2.24) is 14.9 Å². The van der Waals surface area contributed by atoms with Gasteiger partial charge in [0.25, 0.3) is 15.6 Å². The van der Waals surface area contributed by atoms with Crippen LogP contribution in [0.3, 0.4) is 0 Å². The van der Waals surface area contributed by atoms with Gasteiger partial charge in [0, 0.05) is 23.1 Å². The second-order valence-electron chi connectivity index (χ2n) is 6.23. The quantitative estimate of drug-likeness (QED) is 0.720. The number of aromatic amines is 1. The monoisotopic (exact) mass is 387 g/mol. The van der Waals surface area contributed by atoms with Gasteiger partial charge >= 0.3 is 0 Å². The number of sulfonamides is 1. The van der Waals surface area contributed by atoms with Crippen LogP contribution in [0.15, 0.2) is 56.8 Å². The van der Waals surface area contributed by atoms with Gasteiger partial charge < -0.3 is 0 Å². The molecule has 2 heterocycles. The Balaban J connectivity index is 1.60. The summed E-state index contributed by atoms with van der Waals surface area (Å²) in [6.45, 7) is 0. The Bertz CT molecular complexity index is 1080. The van der Waals surface area contributed by atoms with Gasteiger partial charge in [-0.25, -0.2) is 18.2 Å². The predicted octanol–water partition coefficient (Wildman–Crippen LogP) is 2.85. The Labute approximate surface area is 155 Å². The number of fused-ring (bicyclic) bond motifs is 1. The van der Waals surface area contributed by atoms with Crippen LogP contribution in [0.1, 0.15) is 30.0 Å². The molecule has 6 nitrogen and oxygen atoms in total. The van der Waals surface area contributed by atoms with Crippen molar-refractivity contribution in [3.8, 4) is 11.3 Å². The molecule has 8 heteroatoms.